The van der Waals surface area contributed by atoms with Crippen LogP contribution in [0, 0.1) is 11.8 Å². The largest absolute Gasteiger partial charge is 0.310 e. The molecule has 1 aliphatic heterocycles. The number of nitrogens with one attached hydrogen (secondary N) is 1. The average molecular weight is 226 g/mol. The summed E-state index contributed by atoms with van der Waals surface area (Å²) in [6.45, 7) is 16.4. The lowest BCUT2D eigenvalue weighted by Gasteiger charge is -2.26. The zero-order valence-corrected chi connectivity index (χ0v) is 12.0. The van der Waals surface area contributed by atoms with E-state index >= 15 is 0 Å². The lowest BCUT2D eigenvalue weighted by Crippen LogP contribution is -2.44. The van der Waals surface area contributed by atoms with Crippen LogP contribution in [0.2, 0.25) is 0 Å². The van der Waals surface area contributed by atoms with Gasteiger partial charge in [-0.15, -0.1) is 0 Å². The molecule has 4 atom stereocenters. The second-order valence-corrected chi connectivity index (χ2v) is 5.97. The summed E-state index contributed by atoms with van der Waals surface area (Å²) in [6.07, 6.45) is 1.27. The topological polar surface area (TPSA) is 15.3 Å². The molecular weight excluding hydrogens is 196 g/mol. The van der Waals surface area contributed by atoms with Crippen molar-refractivity contribution in [2.75, 3.05) is 13.1 Å². The highest BCUT2D eigenvalue weighted by atomic mass is 15.2. The molecule has 1 saturated heterocycles. The molecule has 0 aromatic rings. The molecule has 1 N–H and O–H groups in total. The van der Waals surface area contributed by atoms with Gasteiger partial charge in [-0.1, -0.05) is 27.2 Å². The SMILES string of the molecule is CCC(C)C(C)NC1CN(C(C)C)CC1C. The van der Waals surface area contributed by atoms with E-state index < -0.39 is 0 Å². The van der Waals surface area contributed by atoms with Gasteiger partial charge in [-0.2, -0.15) is 0 Å². The Labute approximate surface area is 102 Å². The molecule has 0 spiro atoms. The van der Waals surface area contributed by atoms with E-state index in [0.29, 0.717) is 18.1 Å². The Morgan fingerprint density at radius 2 is 1.81 bits per heavy atom. The second kappa shape index (κ2) is 6.02. The summed E-state index contributed by atoms with van der Waals surface area (Å²) >= 11 is 0. The molecule has 2 heteroatoms. The van der Waals surface area contributed by atoms with E-state index in [2.05, 4.69) is 51.8 Å². The van der Waals surface area contributed by atoms with Crippen LogP contribution in [0.25, 0.3) is 0 Å². The van der Waals surface area contributed by atoms with Crippen LogP contribution >= 0.6 is 0 Å². The molecule has 0 aromatic heterocycles. The maximum Gasteiger partial charge on any atom is 0.0235 e. The van der Waals surface area contributed by atoms with E-state index in [1.54, 1.807) is 0 Å². The summed E-state index contributed by atoms with van der Waals surface area (Å²) in [5.74, 6) is 1.56. The summed E-state index contributed by atoms with van der Waals surface area (Å²) in [7, 11) is 0. The highest BCUT2D eigenvalue weighted by molar-refractivity contribution is 4.89. The van der Waals surface area contributed by atoms with Crippen molar-refractivity contribution in [2.24, 2.45) is 11.8 Å². The molecule has 1 rings (SSSR count). The van der Waals surface area contributed by atoms with Gasteiger partial charge in [0, 0.05) is 31.2 Å². The molecule has 1 aliphatic rings. The highest BCUT2D eigenvalue weighted by Crippen LogP contribution is 2.20. The molecule has 0 radical (unpaired) electrons. The van der Waals surface area contributed by atoms with Crippen molar-refractivity contribution >= 4 is 0 Å². The van der Waals surface area contributed by atoms with Crippen molar-refractivity contribution in [3.05, 3.63) is 0 Å². The number of nitrogens with zero attached hydrogens (tertiary/aromatic N) is 1. The Hall–Kier alpha value is -0.0800. The molecule has 0 amide bonds. The number of likely N-dealkylation sites (tertiary alicyclic amines) is 1. The van der Waals surface area contributed by atoms with Gasteiger partial charge >= 0.3 is 0 Å². The van der Waals surface area contributed by atoms with Crippen molar-refractivity contribution in [3.63, 3.8) is 0 Å². The summed E-state index contributed by atoms with van der Waals surface area (Å²) < 4.78 is 0. The molecule has 0 saturated carbocycles. The van der Waals surface area contributed by atoms with E-state index in [-0.39, 0.29) is 0 Å². The smallest absolute Gasteiger partial charge is 0.0235 e. The van der Waals surface area contributed by atoms with Crippen molar-refractivity contribution in [1.82, 2.24) is 10.2 Å². The van der Waals surface area contributed by atoms with Gasteiger partial charge in [-0.05, 0) is 32.6 Å². The third-order valence-corrected chi connectivity index (χ3v) is 4.35. The summed E-state index contributed by atoms with van der Waals surface area (Å²) in [4.78, 5) is 2.59. The van der Waals surface area contributed by atoms with Crippen LogP contribution < -0.4 is 5.32 Å². The van der Waals surface area contributed by atoms with Gasteiger partial charge in [0.2, 0.25) is 0 Å². The summed E-state index contributed by atoms with van der Waals surface area (Å²) in [5, 5.41) is 3.82. The third-order valence-electron chi connectivity index (χ3n) is 4.35. The van der Waals surface area contributed by atoms with Crippen LogP contribution in [0.3, 0.4) is 0 Å². The molecular formula is C14H30N2. The van der Waals surface area contributed by atoms with Crippen LogP contribution in [-0.4, -0.2) is 36.1 Å². The lowest BCUT2D eigenvalue weighted by molar-refractivity contribution is 0.259. The monoisotopic (exact) mass is 226 g/mol. The van der Waals surface area contributed by atoms with Crippen molar-refractivity contribution in [1.29, 1.82) is 0 Å². The molecule has 1 heterocycles. The number of hydrogen-bond acceptors (Lipinski definition) is 2. The predicted octanol–water partition coefficient (Wildman–Crippen LogP) is 2.74. The molecule has 0 aliphatic carbocycles. The zero-order valence-electron chi connectivity index (χ0n) is 12.0. The predicted molar refractivity (Wildman–Crippen MR) is 71.7 cm³/mol. The maximum absolute atomic E-state index is 3.82. The first-order valence-corrected chi connectivity index (χ1v) is 6.95. The van der Waals surface area contributed by atoms with E-state index in [4.69, 9.17) is 0 Å². The minimum atomic E-state index is 0.643. The quantitative estimate of drug-likeness (QED) is 0.775. The summed E-state index contributed by atoms with van der Waals surface area (Å²) in [6, 6.07) is 2.02. The minimum Gasteiger partial charge on any atom is -0.310 e. The fourth-order valence-corrected chi connectivity index (χ4v) is 2.50. The van der Waals surface area contributed by atoms with Gasteiger partial charge < -0.3 is 5.32 Å². The van der Waals surface area contributed by atoms with Crippen LogP contribution in [-0.2, 0) is 0 Å². The fraction of sp³-hybridized carbons (Fsp3) is 1.00. The molecule has 0 bridgehead atoms. The van der Waals surface area contributed by atoms with Crippen molar-refractivity contribution in [3.8, 4) is 0 Å². The van der Waals surface area contributed by atoms with E-state index in [9.17, 15) is 0 Å². The van der Waals surface area contributed by atoms with Gasteiger partial charge in [0.15, 0.2) is 0 Å². The number of hydrogen-bond donors (Lipinski definition) is 1. The van der Waals surface area contributed by atoms with Crippen LogP contribution in [0.4, 0.5) is 0 Å². The third kappa shape index (κ3) is 3.46. The van der Waals surface area contributed by atoms with Gasteiger partial charge in [-0.25, -0.2) is 0 Å². The van der Waals surface area contributed by atoms with Gasteiger partial charge in [0.05, 0.1) is 0 Å². The maximum atomic E-state index is 3.82. The Morgan fingerprint density at radius 1 is 1.19 bits per heavy atom. The van der Waals surface area contributed by atoms with Gasteiger partial charge in [-0.3, -0.25) is 4.90 Å². The van der Waals surface area contributed by atoms with Crippen molar-refractivity contribution in [2.45, 2.75) is 66.1 Å². The molecule has 96 valence electrons. The molecule has 16 heavy (non-hydrogen) atoms. The minimum absolute atomic E-state index is 0.643. The molecule has 0 aromatic carbocycles. The first kappa shape index (κ1) is 14.0. The van der Waals surface area contributed by atoms with Crippen LogP contribution in [0.15, 0.2) is 0 Å². The van der Waals surface area contributed by atoms with E-state index in [1.165, 1.54) is 19.5 Å². The van der Waals surface area contributed by atoms with Gasteiger partial charge in [0.25, 0.3) is 0 Å². The van der Waals surface area contributed by atoms with E-state index in [0.717, 1.165) is 11.8 Å². The van der Waals surface area contributed by atoms with Crippen LogP contribution in [0.1, 0.15) is 48.0 Å². The van der Waals surface area contributed by atoms with Gasteiger partial charge in [0.1, 0.15) is 0 Å². The average Bonchev–Trinajstić information content (AvgIpc) is 2.59. The van der Waals surface area contributed by atoms with Crippen molar-refractivity contribution < 1.29 is 0 Å². The van der Waals surface area contributed by atoms with Crippen LogP contribution in [0.5, 0.6) is 0 Å². The Kier molecular flexibility index (Phi) is 5.26. The molecule has 4 unspecified atom stereocenters. The highest BCUT2D eigenvalue weighted by Gasteiger charge is 2.31. The van der Waals surface area contributed by atoms with E-state index in [1.807, 2.05) is 0 Å². The molecule has 2 nitrogen and oxygen atoms in total. The number of rotatable bonds is 5. The standard InChI is InChI=1S/C14H30N2/c1-7-11(4)13(6)15-14-9-16(10(2)3)8-12(14)5/h10-15H,7-9H2,1-6H3. The first-order chi connectivity index (χ1) is 7.45. The first-order valence-electron chi connectivity index (χ1n) is 6.95. The zero-order chi connectivity index (χ0) is 12.3. The Bertz CT molecular complexity index is 203. The Morgan fingerprint density at radius 3 is 2.25 bits per heavy atom. The molecule has 1 fully saturated rings. The lowest BCUT2D eigenvalue weighted by atomic mass is 9.98. The Balaban J connectivity index is 2.43. The summed E-state index contributed by atoms with van der Waals surface area (Å²) in [5.41, 5.74) is 0. The second-order valence-electron chi connectivity index (χ2n) is 5.97. The normalized spacial score (nSPS) is 30.9. The fourth-order valence-electron chi connectivity index (χ4n) is 2.50.